The Morgan fingerprint density at radius 1 is 1.10 bits per heavy atom. The quantitative estimate of drug-likeness (QED) is 0.307. The predicted molar refractivity (Wildman–Crippen MR) is 148 cm³/mol. The normalized spacial score (nSPS) is 36.0. The van der Waals surface area contributed by atoms with Crippen LogP contribution in [0.25, 0.3) is 0 Å². The van der Waals surface area contributed by atoms with E-state index in [9.17, 15) is 24.6 Å². The molecule has 0 aromatic rings. The van der Waals surface area contributed by atoms with E-state index >= 15 is 0 Å². The van der Waals surface area contributed by atoms with Gasteiger partial charge in [-0.2, -0.15) is 0 Å². The minimum atomic E-state index is -1.08. The van der Waals surface area contributed by atoms with Gasteiger partial charge in [0.25, 0.3) is 5.91 Å². The Hall–Kier alpha value is -2.42. The first kappa shape index (κ1) is 29.6. The predicted octanol–water partition coefficient (Wildman–Crippen LogP) is 3.95. The molecule has 2 amide bonds. The highest BCUT2D eigenvalue weighted by Crippen LogP contribution is 2.65. The molecule has 9 nitrogen and oxygen atoms in total. The average molecular weight is 546 g/mol. The third-order valence-electron chi connectivity index (χ3n) is 10.5. The number of allylic oxidation sites excluding steroid dienone is 2. The smallest absolute Gasteiger partial charge is 0.326 e. The standard InChI is InChI=1S/C30H47N3O6/c1-5-6-7-24(28(37)38)32-27(36)18(2)31-26(35)17-39-33-20-12-14-29(3)19(16-20)8-9-21-22-10-11-25(34)30(22,4)15-13-23(21)29/h16,18,21-25,34H,5-15,17H2,1-4H3,(H,31,35)(H,32,36)(H,37,38)/b33-20-/t18-,21+,22+,23+,24-,25+,29+,30+/m1/s1. The van der Waals surface area contributed by atoms with Crippen molar-refractivity contribution in [3.05, 3.63) is 11.6 Å². The lowest BCUT2D eigenvalue weighted by Crippen LogP contribution is -2.51. The fourth-order valence-electron chi connectivity index (χ4n) is 8.10. The maximum absolute atomic E-state index is 12.4. The second kappa shape index (κ2) is 12.0. The molecule has 0 aromatic heterocycles. The molecule has 218 valence electrons. The number of hydrogen-bond donors (Lipinski definition) is 4. The van der Waals surface area contributed by atoms with Crippen LogP contribution in [0.1, 0.15) is 98.3 Å². The Morgan fingerprint density at radius 3 is 2.59 bits per heavy atom. The van der Waals surface area contributed by atoms with E-state index in [-0.39, 0.29) is 23.5 Å². The van der Waals surface area contributed by atoms with E-state index in [0.717, 1.165) is 57.1 Å². The van der Waals surface area contributed by atoms with Gasteiger partial charge in [0.2, 0.25) is 5.91 Å². The van der Waals surface area contributed by atoms with E-state index < -0.39 is 29.9 Å². The van der Waals surface area contributed by atoms with Gasteiger partial charge in [0.05, 0.1) is 11.8 Å². The fourth-order valence-corrected chi connectivity index (χ4v) is 8.10. The lowest BCUT2D eigenvalue weighted by molar-refractivity contribution is -0.142. The molecule has 4 rings (SSSR count). The van der Waals surface area contributed by atoms with Gasteiger partial charge in [-0.05, 0) is 99.4 Å². The van der Waals surface area contributed by atoms with Gasteiger partial charge >= 0.3 is 5.97 Å². The zero-order valence-corrected chi connectivity index (χ0v) is 24.0. The first-order valence-corrected chi connectivity index (χ1v) is 14.9. The summed E-state index contributed by atoms with van der Waals surface area (Å²) in [7, 11) is 0. The summed E-state index contributed by atoms with van der Waals surface area (Å²) in [5, 5.41) is 29.3. The van der Waals surface area contributed by atoms with Gasteiger partial charge in [0, 0.05) is 0 Å². The lowest BCUT2D eigenvalue weighted by Gasteiger charge is -2.57. The zero-order valence-electron chi connectivity index (χ0n) is 24.0. The van der Waals surface area contributed by atoms with Gasteiger partial charge < -0.3 is 25.7 Å². The summed E-state index contributed by atoms with van der Waals surface area (Å²) in [5.74, 6) is -0.166. The van der Waals surface area contributed by atoms with Crippen LogP contribution in [-0.4, -0.2) is 58.5 Å². The molecule has 0 aromatic carbocycles. The number of aliphatic hydroxyl groups is 1. The number of nitrogens with zero attached hydrogens (tertiary/aromatic N) is 1. The summed E-state index contributed by atoms with van der Waals surface area (Å²) in [6, 6.07) is -1.86. The molecule has 9 heteroatoms. The number of nitrogens with one attached hydrogen (secondary N) is 2. The molecule has 4 aliphatic rings. The third kappa shape index (κ3) is 6.03. The topological polar surface area (TPSA) is 137 Å². The van der Waals surface area contributed by atoms with E-state index in [1.165, 1.54) is 18.9 Å². The van der Waals surface area contributed by atoms with Crippen LogP contribution in [0, 0.1) is 28.6 Å². The maximum atomic E-state index is 12.4. The van der Waals surface area contributed by atoms with Crippen LogP contribution in [-0.2, 0) is 19.2 Å². The minimum absolute atomic E-state index is 0.0830. The molecule has 39 heavy (non-hydrogen) atoms. The van der Waals surface area contributed by atoms with Gasteiger partial charge in [-0.25, -0.2) is 4.79 Å². The van der Waals surface area contributed by atoms with Gasteiger partial charge in [-0.15, -0.1) is 0 Å². The summed E-state index contributed by atoms with van der Waals surface area (Å²) in [6.45, 7) is 7.88. The highest BCUT2D eigenvalue weighted by atomic mass is 16.6. The number of carboxylic acids is 1. The number of unbranched alkanes of at least 4 members (excludes halogenated alkanes) is 1. The number of carboxylic acid groups (broad SMARTS) is 1. The van der Waals surface area contributed by atoms with Crippen LogP contribution in [0.15, 0.2) is 16.8 Å². The Labute approximate surface area is 232 Å². The largest absolute Gasteiger partial charge is 0.480 e. The van der Waals surface area contributed by atoms with E-state index in [0.29, 0.717) is 30.6 Å². The van der Waals surface area contributed by atoms with Gasteiger partial charge in [-0.1, -0.05) is 44.3 Å². The second-order valence-electron chi connectivity index (χ2n) is 12.8. The van der Waals surface area contributed by atoms with Crippen molar-refractivity contribution in [1.82, 2.24) is 10.6 Å². The van der Waals surface area contributed by atoms with Crippen molar-refractivity contribution in [1.29, 1.82) is 0 Å². The Kier molecular flexibility index (Phi) is 9.08. The van der Waals surface area contributed by atoms with Gasteiger partial charge in [0.15, 0.2) is 6.61 Å². The molecule has 3 fully saturated rings. The summed E-state index contributed by atoms with van der Waals surface area (Å²) in [5.41, 5.74) is 2.52. The number of aliphatic hydroxyl groups excluding tert-OH is 1. The molecule has 0 radical (unpaired) electrons. The van der Waals surface area contributed by atoms with Crippen LogP contribution in [0.2, 0.25) is 0 Å². The van der Waals surface area contributed by atoms with Gasteiger partial charge in [-0.3, -0.25) is 9.59 Å². The molecule has 3 saturated carbocycles. The third-order valence-corrected chi connectivity index (χ3v) is 10.5. The monoisotopic (exact) mass is 545 g/mol. The van der Waals surface area contributed by atoms with Crippen molar-refractivity contribution in [2.75, 3.05) is 6.61 Å². The summed E-state index contributed by atoms with van der Waals surface area (Å²) in [4.78, 5) is 41.4. The molecule has 4 aliphatic carbocycles. The number of oxime groups is 1. The number of carbonyl (C=O) groups excluding carboxylic acids is 2. The van der Waals surface area contributed by atoms with Crippen molar-refractivity contribution in [3.63, 3.8) is 0 Å². The average Bonchev–Trinajstić information content (AvgIpc) is 3.20. The molecule has 0 saturated heterocycles. The van der Waals surface area contributed by atoms with Crippen molar-refractivity contribution in [3.8, 4) is 0 Å². The van der Waals surface area contributed by atoms with Crippen LogP contribution >= 0.6 is 0 Å². The molecule has 0 unspecified atom stereocenters. The van der Waals surface area contributed by atoms with Crippen LogP contribution < -0.4 is 10.6 Å². The maximum Gasteiger partial charge on any atom is 0.326 e. The highest BCUT2D eigenvalue weighted by Gasteiger charge is 2.58. The number of fused-ring (bicyclic) bond motifs is 5. The first-order valence-electron chi connectivity index (χ1n) is 14.9. The minimum Gasteiger partial charge on any atom is -0.480 e. The second-order valence-corrected chi connectivity index (χ2v) is 12.8. The van der Waals surface area contributed by atoms with Crippen molar-refractivity contribution < 1.29 is 29.4 Å². The van der Waals surface area contributed by atoms with E-state index in [4.69, 9.17) is 4.84 Å². The van der Waals surface area contributed by atoms with Crippen molar-refractivity contribution in [2.45, 2.75) is 117 Å². The van der Waals surface area contributed by atoms with Crippen LogP contribution in [0.5, 0.6) is 0 Å². The summed E-state index contributed by atoms with van der Waals surface area (Å²) >= 11 is 0. The van der Waals surface area contributed by atoms with Crippen molar-refractivity contribution in [2.24, 2.45) is 33.7 Å². The molecule has 0 aliphatic heterocycles. The van der Waals surface area contributed by atoms with Crippen LogP contribution in [0.3, 0.4) is 0 Å². The summed E-state index contributed by atoms with van der Waals surface area (Å²) < 4.78 is 0. The van der Waals surface area contributed by atoms with Gasteiger partial charge in [0.1, 0.15) is 12.1 Å². The van der Waals surface area contributed by atoms with Crippen LogP contribution in [0.4, 0.5) is 0 Å². The SMILES string of the molecule is CCCC[C@@H](NC(=O)[C@@H](C)NC(=O)CO/N=C1\C=C2CC[C@H]3[C@@H]4CC[C@H](O)[C@@]4(C)CC[C@@H]3[C@@]2(C)CC1)C(=O)O. The number of carbonyl (C=O) groups is 3. The Morgan fingerprint density at radius 2 is 1.87 bits per heavy atom. The number of aliphatic carboxylic acids is 1. The molecule has 0 spiro atoms. The zero-order chi connectivity index (χ0) is 28.4. The molecule has 4 N–H and O–H groups in total. The summed E-state index contributed by atoms with van der Waals surface area (Å²) in [6.07, 6.45) is 12.3. The lowest BCUT2D eigenvalue weighted by atomic mass is 9.47. The van der Waals surface area contributed by atoms with Crippen molar-refractivity contribution >= 4 is 23.5 Å². The number of amides is 2. The molecular weight excluding hydrogens is 498 g/mol. The highest BCUT2D eigenvalue weighted by molar-refractivity contribution is 5.96. The fraction of sp³-hybridized carbons (Fsp3) is 0.800. The Balaban J connectivity index is 1.28. The van der Waals surface area contributed by atoms with E-state index in [1.54, 1.807) is 0 Å². The Bertz CT molecular complexity index is 1010. The number of rotatable bonds is 10. The molecule has 0 heterocycles. The molecule has 0 bridgehead atoms. The van der Waals surface area contributed by atoms with E-state index in [2.05, 4.69) is 35.7 Å². The molecule has 8 atom stereocenters. The number of hydrogen-bond acceptors (Lipinski definition) is 6. The first-order chi connectivity index (χ1) is 18.5. The molecular formula is C30H47N3O6. The van der Waals surface area contributed by atoms with E-state index in [1.807, 2.05) is 6.92 Å².